The summed E-state index contributed by atoms with van der Waals surface area (Å²) >= 11 is 0. The normalized spacial score (nSPS) is 16.2. The number of pyridine rings is 1. The molecule has 1 saturated carbocycles. The predicted molar refractivity (Wildman–Crippen MR) is 175 cm³/mol. The maximum Gasteiger partial charge on any atom is 0.337 e. The number of aromatic nitrogens is 5. The first-order chi connectivity index (χ1) is 22.9. The third-order valence-electron chi connectivity index (χ3n) is 8.89. The lowest BCUT2D eigenvalue weighted by molar-refractivity contribution is 0.0601. The molecule has 0 atom stereocenters. The lowest BCUT2D eigenvalue weighted by atomic mass is 9.79. The van der Waals surface area contributed by atoms with E-state index in [0.717, 1.165) is 65.9 Å². The molecular weight excluding hydrogens is 599 g/mol. The molecule has 3 heterocycles. The maximum absolute atomic E-state index is 14.3. The van der Waals surface area contributed by atoms with Gasteiger partial charge in [-0.3, -0.25) is 4.68 Å². The van der Waals surface area contributed by atoms with Gasteiger partial charge in [-0.05, 0) is 61.9 Å². The van der Waals surface area contributed by atoms with Crippen molar-refractivity contribution in [3.63, 3.8) is 0 Å². The van der Waals surface area contributed by atoms with Crippen molar-refractivity contribution in [3.8, 4) is 17.1 Å². The topological polar surface area (TPSA) is 97.7 Å². The van der Waals surface area contributed by atoms with E-state index in [2.05, 4.69) is 14.5 Å². The molecule has 3 aromatic heterocycles. The van der Waals surface area contributed by atoms with E-state index in [1.54, 1.807) is 30.0 Å². The van der Waals surface area contributed by atoms with Crippen LogP contribution in [0.25, 0.3) is 27.1 Å². The maximum atomic E-state index is 14.3. The van der Waals surface area contributed by atoms with E-state index in [9.17, 15) is 9.18 Å². The van der Waals surface area contributed by atoms with Gasteiger partial charge in [0.2, 0.25) is 5.88 Å². The zero-order valence-electron chi connectivity index (χ0n) is 26.8. The highest BCUT2D eigenvalue weighted by Crippen LogP contribution is 2.38. The Hall–Kier alpha value is -5.08. The summed E-state index contributed by atoms with van der Waals surface area (Å²) in [6.07, 6.45) is 6.68. The van der Waals surface area contributed by atoms with Crippen LogP contribution in [-0.4, -0.2) is 51.1 Å². The molecule has 1 fully saturated rings. The number of halogens is 1. The molecule has 0 bridgehead atoms. The van der Waals surface area contributed by atoms with E-state index in [0.29, 0.717) is 42.0 Å². The van der Waals surface area contributed by atoms with Gasteiger partial charge in [0.15, 0.2) is 5.69 Å². The summed E-state index contributed by atoms with van der Waals surface area (Å²) in [5, 5.41) is 4.60. The van der Waals surface area contributed by atoms with Gasteiger partial charge in [-0.2, -0.15) is 5.10 Å². The van der Waals surface area contributed by atoms with Gasteiger partial charge < -0.3 is 18.8 Å². The number of methoxy groups -OCH3 is 2. The van der Waals surface area contributed by atoms with E-state index in [-0.39, 0.29) is 12.3 Å². The second-order valence-electron chi connectivity index (χ2n) is 11.9. The number of nitrogens with zero attached hydrogens (tertiary/aromatic N) is 6. The molecule has 2 aromatic carbocycles. The van der Waals surface area contributed by atoms with Crippen LogP contribution in [-0.2, 0) is 36.1 Å². The molecule has 10 nitrogen and oxygen atoms in total. The Balaban J connectivity index is 1.18. The van der Waals surface area contributed by atoms with Gasteiger partial charge in [0, 0.05) is 62.1 Å². The Morgan fingerprint density at radius 1 is 1.06 bits per heavy atom. The zero-order valence-corrected chi connectivity index (χ0v) is 26.8. The van der Waals surface area contributed by atoms with E-state index in [1.165, 1.54) is 13.2 Å². The van der Waals surface area contributed by atoms with E-state index < -0.39 is 11.8 Å². The number of esters is 1. The number of imidazole rings is 1. The molecule has 0 unspecified atom stereocenters. The highest BCUT2D eigenvalue weighted by molar-refractivity contribution is 6.00. The minimum absolute atomic E-state index is 0.0422. The van der Waals surface area contributed by atoms with Gasteiger partial charge in [0.1, 0.15) is 18.2 Å². The van der Waals surface area contributed by atoms with Gasteiger partial charge in [-0.25, -0.2) is 24.0 Å². The minimum atomic E-state index is -0.458. The van der Waals surface area contributed by atoms with Crippen LogP contribution in [0.5, 0.6) is 5.88 Å². The van der Waals surface area contributed by atoms with Gasteiger partial charge in [-0.1, -0.05) is 18.2 Å². The smallest absolute Gasteiger partial charge is 0.337 e. The molecule has 0 saturated heterocycles. The van der Waals surface area contributed by atoms with Crippen LogP contribution in [0, 0.1) is 18.3 Å². The molecule has 1 aliphatic carbocycles. The standard InChI is InChI=1S/C36H37FN6O4/c1-38-27-13-12-25(29(37)21-27)22-47-34-7-5-6-30(39-34)24-10-8-23(9-11-24)18-33-40-35-28(31-14-15-42(2)41-31)19-26(36(44)46-4)20-32(35)43(33)16-17-45-3/h5-7,12-15,19-21,23-24H,8-11,16-18,22H2,2-4H3. The fourth-order valence-electron chi connectivity index (χ4n) is 6.38. The Kier molecular flexibility index (Phi) is 9.59. The number of rotatable bonds is 11. The largest absolute Gasteiger partial charge is 0.473 e. The van der Waals surface area contributed by atoms with Crippen molar-refractivity contribution in [1.82, 2.24) is 24.3 Å². The van der Waals surface area contributed by atoms with E-state index >= 15 is 0 Å². The lowest BCUT2D eigenvalue weighted by Crippen LogP contribution is -2.19. The summed E-state index contributed by atoms with van der Waals surface area (Å²) in [4.78, 5) is 25.8. The molecule has 0 N–H and O–H groups in total. The third kappa shape index (κ3) is 7.03. The van der Waals surface area contributed by atoms with Gasteiger partial charge >= 0.3 is 5.97 Å². The Morgan fingerprint density at radius 2 is 1.89 bits per heavy atom. The molecule has 5 aromatic rings. The van der Waals surface area contributed by atoms with Crippen molar-refractivity contribution in [3.05, 3.63) is 101 Å². The predicted octanol–water partition coefficient (Wildman–Crippen LogP) is 7.05. The fraction of sp³-hybridized carbons (Fsp3) is 0.361. The summed E-state index contributed by atoms with van der Waals surface area (Å²) in [6.45, 7) is 8.21. The number of hydrogen-bond acceptors (Lipinski definition) is 7. The summed E-state index contributed by atoms with van der Waals surface area (Å²) in [5.74, 6) is 1.29. The summed E-state index contributed by atoms with van der Waals surface area (Å²) in [5.41, 5.74) is 5.28. The molecule has 1 aliphatic rings. The van der Waals surface area contributed by atoms with Crippen LogP contribution in [0.15, 0.2) is 60.8 Å². The van der Waals surface area contributed by atoms with E-state index in [4.69, 9.17) is 30.8 Å². The summed E-state index contributed by atoms with van der Waals surface area (Å²) < 4.78 is 34.6. The van der Waals surface area contributed by atoms with Crippen molar-refractivity contribution in [2.45, 2.75) is 51.2 Å². The number of carbonyl (C=O) groups is 1. The monoisotopic (exact) mass is 636 g/mol. The van der Waals surface area contributed by atoms with Crippen molar-refractivity contribution in [2.24, 2.45) is 13.0 Å². The highest BCUT2D eigenvalue weighted by Gasteiger charge is 2.27. The first-order valence-electron chi connectivity index (χ1n) is 15.7. The molecule has 242 valence electrons. The SMILES string of the molecule is [C-]#[N+]c1ccc(COc2cccc(C3CCC(Cc4nc5c(-c6ccn(C)n6)cc(C(=O)OC)cc5n4CCOC)CC3)n2)c(F)c1. The fourth-order valence-corrected chi connectivity index (χ4v) is 6.38. The average molecular weight is 637 g/mol. The zero-order chi connectivity index (χ0) is 32.9. The summed E-state index contributed by atoms with van der Waals surface area (Å²) in [6, 6.07) is 15.7. The number of aryl methyl sites for hydroxylation is 1. The molecule has 11 heteroatoms. The first-order valence-corrected chi connectivity index (χ1v) is 15.7. The molecule has 0 aliphatic heterocycles. The van der Waals surface area contributed by atoms with Crippen LogP contribution < -0.4 is 4.74 Å². The van der Waals surface area contributed by atoms with Crippen LogP contribution in [0.3, 0.4) is 0 Å². The van der Waals surface area contributed by atoms with Gasteiger partial charge in [0.05, 0.1) is 42.6 Å². The van der Waals surface area contributed by atoms with Crippen LogP contribution >= 0.6 is 0 Å². The average Bonchev–Trinajstić information content (AvgIpc) is 3.68. The lowest BCUT2D eigenvalue weighted by Gasteiger charge is -2.28. The Labute approximate surface area is 272 Å². The molecule has 47 heavy (non-hydrogen) atoms. The minimum Gasteiger partial charge on any atom is -0.473 e. The first kappa shape index (κ1) is 31.9. The van der Waals surface area contributed by atoms with Crippen molar-refractivity contribution < 1.29 is 23.4 Å². The number of hydrogen-bond donors (Lipinski definition) is 0. The quantitative estimate of drug-likeness (QED) is 0.113. The number of benzene rings is 2. The van der Waals surface area contributed by atoms with E-state index in [1.807, 2.05) is 43.6 Å². The van der Waals surface area contributed by atoms with Crippen molar-refractivity contribution in [1.29, 1.82) is 0 Å². The molecule has 0 radical (unpaired) electrons. The number of fused-ring (bicyclic) bond motifs is 1. The molecule has 0 amide bonds. The Bertz CT molecular complexity index is 1940. The third-order valence-corrected chi connectivity index (χ3v) is 8.89. The molecule has 6 rings (SSSR count). The van der Waals surface area contributed by atoms with Crippen LogP contribution in [0.2, 0.25) is 0 Å². The van der Waals surface area contributed by atoms with Crippen LogP contribution in [0.1, 0.15) is 59.0 Å². The van der Waals surface area contributed by atoms with Crippen molar-refractivity contribution >= 4 is 22.7 Å². The van der Waals surface area contributed by atoms with Gasteiger partial charge in [0.25, 0.3) is 0 Å². The second kappa shape index (κ2) is 14.1. The van der Waals surface area contributed by atoms with Gasteiger partial charge in [-0.15, -0.1) is 0 Å². The highest BCUT2D eigenvalue weighted by atomic mass is 19.1. The van der Waals surface area contributed by atoms with Crippen LogP contribution in [0.4, 0.5) is 10.1 Å². The Morgan fingerprint density at radius 3 is 2.60 bits per heavy atom. The number of carbonyl (C=O) groups excluding carboxylic acids is 1. The molecule has 0 spiro atoms. The second-order valence-corrected chi connectivity index (χ2v) is 11.9. The molecular formula is C36H37FN6O4. The number of ether oxygens (including phenoxy) is 3. The van der Waals surface area contributed by atoms with Crippen molar-refractivity contribution in [2.75, 3.05) is 20.8 Å². The summed E-state index contributed by atoms with van der Waals surface area (Å²) in [7, 11) is 4.93.